The summed E-state index contributed by atoms with van der Waals surface area (Å²) in [5.41, 5.74) is 6.19. The Kier molecular flexibility index (Phi) is 2.92. The molecule has 0 fully saturated rings. The first-order valence-electron chi connectivity index (χ1n) is 4.81. The third-order valence-electron chi connectivity index (χ3n) is 2.27. The quantitative estimate of drug-likeness (QED) is 0.856. The standard InChI is InChI=1S/C11H7ClN4O2/c12-7-3-6(4-13)1-2-9(7)16-5-8(14)10(15-16)11(17)18/h1-3,5H,14H2,(H,17,18). The van der Waals surface area contributed by atoms with Crippen LogP contribution in [0.3, 0.4) is 0 Å². The monoisotopic (exact) mass is 262 g/mol. The number of aromatic carboxylic acids is 1. The minimum absolute atomic E-state index is 0.0444. The number of aromatic nitrogens is 2. The Bertz CT molecular complexity index is 672. The lowest BCUT2D eigenvalue weighted by Gasteiger charge is -2.03. The van der Waals surface area contributed by atoms with E-state index in [9.17, 15) is 4.79 Å². The first kappa shape index (κ1) is 12.0. The van der Waals surface area contributed by atoms with Crippen molar-refractivity contribution in [3.05, 3.63) is 40.7 Å². The molecule has 0 saturated carbocycles. The number of anilines is 1. The van der Waals surface area contributed by atoms with Crippen LogP contribution in [-0.2, 0) is 0 Å². The predicted octanol–water partition coefficient (Wildman–Crippen LogP) is 1.68. The van der Waals surface area contributed by atoms with E-state index < -0.39 is 5.97 Å². The first-order valence-corrected chi connectivity index (χ1v) is 5.19. The number of benzene rings is 1. The second-order valence-electron chi connectivity index (χ2n) is 3.46. The van der Waals surface area contributed by atoms with Gasteiger partial charge in [0.05, 0.1) is 34.2 Å². The maximum absolute atomic E-state index is 10.8. The fraction of sp³-hybridized carbons (Fsp3) is 0. The van der Waals surface area contributed by atoms with Crippen LogP contribution in [0, 0.1) is 11.3 Å². The van der Waals surface area contributed by atoms with E-state index in [-0.39, 0.29) is 16.4 Å². The van der Waals surface area contributed by atoms with Gasteiger partial charge in [-0.25, -0.2) is 9.48 Å². The number of nitrogen functional groups attached to an aromatic ring is 1. The molecule has 2 aromatic rings. The van der Waals surface area contributed by atoms with E-state index in [0.717, 1.165) is 0 Å². The zero-order valence-corrected chi connectivity index (χ0v) is 9.72. The number of hydrogen-bond donors (Lipinski definition) is 2. The van der Waals surface area contributed by atoms with Crippen LogP contribution in [0.5, 0.6) is 0 Å². The maximum Gasteiger partial charge on any atom is 0.358 e. The van der Waals surface area contributed by atoms with E-state index >= 15 is 0 Å². The van der Waals surface area contributed by atoms with Crippen molar-refractivity contribution in [1.29, 1.82) is 5.26 Å². The largest absolute Gasteiger partial charge is 0.476 e. The molecule has 0 atom stereocenters. The highest BCUT2D eigenvalue weighted by atomic mass is 35.5. The molecule has 0 amide bonds. The molecule has 0 saturated heterocycles. The number of carboxylic acid groups (broad SMARTS) is 1. The van der Waals surface area contributed by atoms with Gasteiger partial charge in [-0.3, -0.25) is 0 Å². The van der Waals surface area contributed by atoms with Gasteiger partial charge in [0.15, 0.2) is 5.69 Å². The summed E-state index contributed by atoms with van der Waals surface area (Å²) < 4.78 is 1.27. The van der Waals surface area contributed by atoms with Crippen LogP contribution in [0.2, 0.25) is 5.02 Å². The van der Waals surface area contributed by atoms with Crippen molar-refractivity contribution in [3.8, 4) is 11.8 Å². The van der Waals surface area contributed by atoms with Gasteiger partial charge < -0.3 is 10.8 Å². The Hall–Kier alpha value is -2.52. The van der Waals surface area contributed by atoms with Gasteiger partial charge in [0.1, 0.15) is 0 Å². The molecule has 0 spiro atoms. The van der Waals surface area contributed by atoms with Gasteiger partial charge in [-0.2, -0.15) is 10.4 Å². The zero-order valence-electron chi connectivity index (χ0n) is 8.96. The van der Waals surface area contributed by atoms with Crippen molar-refractivity contribution in [2.24, 2.45) is 0 Å². The van der Waals surface area contributed by atoms with Crippen LogP contribution in [0.4, 0.5) is 5.69 Å². The molecular weight excluding hydrogens is 256 g/mol. The molecular formula is C11H7ClN4O2. The highest BCUT2D eigenvalue weighted by Gasteiger charge is 2.15. The van der Waals surface area contributed by atoms with E-state index in [0.29, 0.717) is 11.3 Å². The molecule has 1 aromatic heterocycles. The SMILES string of the molecule is N#Cc1ccc(-n2cc(N)c(C(=O)O)n2)c(Cl)c1. The molecule has 0 aliphatic rings. The zero-order chi connectivity index (χ0) is 13.3. The van der Waals surface area contributed by atoms with Gasteiger partial charge in [-0.1, -0.05) is 11.6 Å². The summed E-state index contributed by atoms with van der Waals surface area (Å²) in [6.45, 7) is 0. The van der Waals surface area contributed by atoms with Crippen molar-refractivity contribution in [1.82, 2.24) is 9.78 Å². The lowest BCUT2D eigenvalue weighted by molar-refractivity contribution is 0.0691. The van der Waals surface area contributed by atoms with Crippen LogP contribution in [0.15, 0.2) is 24.4 Å². The fourth-order valence-electron chi connectivity index (χ4n) is 1.44. The predicted molar refractivity (Wildman–Crippen MR) is 64.7 cm³/mol. The topological polar surface area (TPSA) is 105 Å². The lowest BCUT2D eigenvalue weighted by atomic mass is 10.2. The molecule has 0 aliphatic carbocycles. The number of nitrogens with zero attached hydrogens (tertiary/aromatic N) is 3. The normalized spacial score (nSPS) is 10.0. The number of hydrogen-bond acceptors (Lipinski definition) is 4. The summed E-state index contributed by atoms with van der Waals surface area (Å²) in [5.74, 6) is -1.21. The minimum atomic E-state index is -1.21. The van der Waals surface area contributed by atoms with Crippen LogP contribution >= 0.6 is 11.6 Å². The molecule has 0 aliphatic heterocycles. The van der Waals surface area contributed by atoms with E-state index in [1.807, 2.05) is 6.07 Å². The Morgan fingerprint density at radius 2 is 2.28 bits per heavy atom. The van der Waals surface area contributed by atoms with Crippen LogP contribution in [0.1, 0.15) is 16.1 Å². The van der Waals surface area contributed by atoms with Crippen LogP contribution in [-0.4, -0.2) is 20.9 Å². The van der Waals surface area contributed by atoms with E-state index in [1.165, 1.54) is 16.9 Å². The van der Waals surface area contributed by atoms with E-state index in [2.05, 4.69) is 5.10 Å². The number of nitrogens with two attached hydrogens (primary N) is 1. The van der Waals surface area contributed by atoms with Crippen molar-refractivity contribution in [2.75, 3.05) is 5.73 Å². The van der Waals surface area contributed by atoms with Gasteiger partial charge in [0.25, 0.3) is 0 Å². The summed E-state index contributed by atoms with van der Waals surface area (Å²) >= 11 is 5.98. The number of rotatable bonds is 2. The van der Waals surface area contributed by atoms with E-state index in [4.69, 9.17) is 27.7 Å². The Labute approximate surface area is 107 Å². The highest BCUT2D eigenvalue weighted by Crippen LogP contribution is 2.23. The fourth-order valence-corrected chi connectivity index (χ4v) is 1.71. The molecule has 3 N–H and O–H groups in total. The lowest BCUT2D eigenvalue weighted by Crippen LogP contribution is -2.03. The van der Waals surface area contributed by atoms with Gasteiger partial charge >= 0.3 is 5.97 Å². The molecule has 1 aromatic carbocycles. The molecule has 0 radical (unpaired) electrons. The summed E-state index contributed by atoms with van der Waals surface area (Å²) in [7, 11) is 0. The number of carboxylic acids is 1. The van der Waals surface area contributed by atoms with Crippen molar-refractivity contribution >= 4 is 23.3 Å². The Morgan fingerprint density at radius 3 is 2.78 bits per heavy atom. The minimum Gasteiger partial charge on any atom is -0.476 e. The summed E-state index contributed by atoms with van der Waals surface area (Å²) in [6, 6.07) is 6.54. The molecule has 0 bridgehead atoms. The second-order valence-corrected chi connectivity index (χ2v) is 3.87. The Morgan fingerprint density at radius 1 is 1.56 bits per heavy atom. The first-order chi connectivity index (χ1) is 8.52. The molecule has 90 valence electrons. The van der Waals surface area contributed by atoms with Crippen molar-refractivity contribution in [3.63, 3.8) is 0 Å². The molecule has 7 heteroatoms. The summed E-state index contributed by atoms with van der Waals surface area (Å²) in [5, 5.41) is 21.7. The number of carbonyl (C=O) groups is 1. The average Bonchev–Trinajstić information content (AvgIpc) is 2.71. The van der Waals surface area contributed by atoms with Crippen molar-refractivity contribution in [2.45, 2.75) is 0 Å². The smallest absolute Gasteiger partial charge is 0.358 e. The Balaban J connectivity index is 2.53. The number of halogens is 1. The van der Waals surface area contributed by atoms with Gasteiger partial charge in [-0.15, -0.1) is 0 Å². The van der Waals surface area contributed by atoms with E-state index in [1.54, 1.807) is 12.1 Å². The summed E-state index contributed by atoms with van der Waals surface area (Å²) in [4.78, 5) is 10.8. The molecule has 0 unspecified atom stereocenters. The number of nitriles is 1. The van der Waals surface area contributed by atoms with Gasteiger partial charge in [-0.05, 0) is 18.2 Å². The molecule has 6 nitrogen and oxygen atoms in total. The highest BCUT2D eigenvalue weighted by molar-refractivity contribution is 6.32. The van der Waals surface area contributed by atoms with Crippen molar-refractivity contribution < 1.29 is 9.90 Å². The summed E-state index contributed by atoms with van der Waals surface area (Å²) in [6.07, 6.45) is 1.36. The van der Waals surface area contributed by atoms with Gasteiger partial charge in [0, 0.05) is 0 Å². The maximum atomic E-state index is 10.8. The molecule has 1 heterocycles. The van der Waals surface area contributed by atoms with Crippen LogP contribution in [0.25, 0.3) is 5.69 Å². The molecule has 2 rings (SSSR count). The average molecular weight is 263 g/mol. The third-order valence-corrected chi connectivity index (χ3v) is 2.57. The van der Waals surface area contributed by atoms with Crippen LogP contribution < -0.4 is 5.73 Å². The second kappa shape index (κ2) is 4.39. The van der Waals surface area contributed by atoms with Gasteiger partial charge in [0.2, 0.25) is 0 Å². The third kappa shape index (κ3) is 1.99. The molecule has 18 heavy (non-hydrogen) atoms.